The highest BCUT2D eigenvalue weighted by atomic mass is 16.5. The second-order valence-electron chi connectivity index (χ2n) is 5.84. The van der Waals surface area contributed by atoms with Gasteiger partial charge in [0.05, 0.1) is 11.3 Å². The fourth-order valence-electron chi connectivity index (χ4n) is 2.95. The van der Waals surface area contributed by atoms with Crippen LogP contribution in [0.3, 0.4) is 0 Å². The summed E-state index contributed by atoms with van der Waals surface area (Å²) in [5.41, 5.74) is 4.40. The fraction of sp³-hybridized carbons (Fsp3) is 0.0455. The first kappa shape index (κ1) is 15.2. The summed E-state index contributed by atoms with van der Waals surface area (Å²) in [5, 5.41) is 3.46. The maximum atomic E-state index is 12.2. The first-order chi connectivity index (χ1) is 12.3. The Balaban J connectivity index is 1.78. The van der Waals surface area contributed by atoms with Gasteiger partial charge >= 0.3 is 5.97 Å². The van der Waals surface area contributed by atoms with Crippen molar-refractivity contribution in [2.24, 2.45) is 0 Å². The van der Waals surface area contributed by atoms with Gasteiger partial charge in [0.25, 0.3) is 0 Å². The first-order valence-electron chi connectivity index (χ1n) is 8.22. The standard InChI is InChI=1S/C22H17NO2/c24-22-19-14-8-7-13-18(19)21(25-22)20(17-11-5-2-6-12-17)23-15-16-9-3-1-4-10-16/h1-14,23H,15H2/b21-20-. The van der Waals surface area contributed by atoms with Gasteiger partial charge in [0.15, 0.2) is 5.76 Å². The molecule has 1 aliphatic heterocycles. The SMILES string of the molecule is O=C1O/C(=C(\NCc2ccccc2)c2ccccc2)c2ccccc21. The van der Waals surface area contributed by atoms with E-state index in [9.17, 15) is 4.79 Å². The molecule has 0 atom stereocenters. The Morgan fingerprint density at radius 2 is 1.36 bits per heavy atom. The van der Waals surface area contributed by atoms with E-state index in [1.807, 2.05) is 66.7 Å². The molecule has 0 aromatic heterocycles. The van der Waals surface area contributed by atoms with Crippen molar-refractivity contribution in [2.75, 3.05) is 0 Å². The summed E-state index contributed by atoms with van der Waals surface area (Å²) in [6, 6.07) is 27.6. The van der Waals surface area contributed by atoms with Gasteiger partial charge < -0.3 is 10.1 Å². The van der Waals surface area contributed by atoms with Crippen LogP contribution in [0, 0.1) is 0 Å². The van der Waals surface area contributed by atoms with Crippen molar-refractivity contribution in [3.63, 3.8) is 0 Å². The molecule has 3 nitrogen and oxygen atoms in total. The first-order valence-corrected chi connectivity index (χ1v) is 8.22. The van der Waals surface area contributed by atoms with E-state index < -0.39 is 0 Å². The van der Waals surface area contributed by atoms with Crippen LogP contribution in [0.15, 0.2) is 84.9 Å². The lowest BCUT2D eigenvalue weighted by Gasteiger charge is -2.14. The van der Waals surface area contributed by atoms with E-state index in [0.717, 1.165) is 22.4 Å². The number of carbonyl (C=O) groups is 1. The Labute approximate surface area is 146 Å². The Morgan fingerprint density at radius 1 is 0.760 bits per heavy atom. The molecule has 3 aromatic carbocycles. The van der Waals surface area contributed by atoms with Crippen LogP contribution in [0.2, 0.25) is 0 Å². The van der Waals surface area contributed by atoms with E-state index in [1.54, 1.807) is 6.07 Å². The summed E-state index contributed by atoms with van der Waals surface area (Å²) in [6.07, 6.45) is 0. The largest absolute Gasteiger partial charge is 0.420 e. The molecule has 0 saturated heterocycles. The van der Waals surface area contributed by atoms with Crippen molar-refractivity contribution in [3.8, 4) is 0 Å². The van der Waals surface area contributed by atoms with E-state index in [0.29, 0.717) is 17.9 Å². The molecule has 3 heteroatoms. The van der Waals surface area contributed by atoms with Gasteiger partial charge in [-0.25, -0.2) is 4.79 Å². The van der Waals surface area contributed by atoms with Gasteiger partial charge in [-0.15, -0.1) is 0 Å². The number of hydrogen-bond acceptors (Lipinski definition) is 3. The Hall–Kier alpha value is -3.33. The highest BCUT2D eigenvalue weighted by molar-refractivity contribution is 6.07. The summed E-state index contributed by atoms with van der Waals surface area (Å²) in [4.78, 5) is 12.2. The topological polar surface area (TPSA) is 38.3 Å². The van der Waals surface area contributed by atoms with Crippen molar-refractivity contribution < 1.29 is 9.53 Å². The van der Waals surface area contributed by atoms with Crippen LogP contribution < -0.4 is 5.32 Å². The molecule has 25 heavy (non-hydrogen) atoms. The molecule has 0 spiro atoms. The molecule has 1 N–H and O–H groups in total. The zero-order chi connectivity index (χ0) is 17.1. The smallest absolute Gasteiger partial charge is 0.344 e. The molecule has 0 aliphatic carbocycles. The van der Waals surface area contributed by atoms with Crippen LogP contribution in [0.5, 0.6) is 0 Å². The third kappa shape index (κ3) is 3.04. The molecular weight excluding hydrogens is 310 g/mol. The number of cyclic esters (lactones) is 1. The van der Waals surface area contributed by atoms with Crippen molar-refractivity contribution in [1.29, 1.82) is 0 Å². The summed E-state index contributed by atoms with van der Waals surface area (Å²) in [5.74, 6) is 0.281. The Bertz CT molecular complexity index is 931. The van der Waals surface area contributed by atoms with Gasteiger partial charge in [0.2, 0.25) is 0 Å². The summed E-state index contributed by atoms with van der Waals surface area (Å²) >= 11 is 0. The monoisotopic (exact) mass is 327 g/mol. The minimum absolute atomic E-state index is 0.305. The molecule has 4 rings (SSSR count). The molecule has 0 amide bonds. The minimum atomic E-state index is -0.305. The van der Waals surface area contributed by atoms with Gasteiger partial charge in [-0.3, -0.25) is 0 Å². The van der Waals surface area contributed by atoms with Crippen LogP contribution >= 0.6 is 0 Å². The zero-order valence-corrected chi connectivity index (χ0v) is 13.6. The summed E-state index contributed by atoms with van der Waals surface area (Å²) < 4.78 is 5.61. The van der Waals surface area contributed by atoms with E-state index in [1.165, 1.54) is 0 Å². The molecule has 3 aromatic rings. The number of fused-ring (bicyclic) bond motifs is 1. The molecule has 1 aliphatic rings. The van der Waals surface area contributed by atoms with Gasteiger partial charge in [-0.05, 0) is 11.6 Å². The van der Waals surface area contributed by atoms with Crippen LogP contribution in [-0.4, -0.2) is 5.97 Å². The van der Waals surface area contributed by atoms with E-state index >= 15 is 0 Å². The zero-order valence-electron chi connectivity index (χ0n) is 13.6. The van der Waals surface area contributed by atoms with Crippen LogP contribution in [0.25, 0.3) is 11.5 Å². The molecule has 0 saturated carbocycles. The van der Waals surface area contributed by atoms with E-state index in [-0.39, 0.29) is 5.97 Å². The van der Waals surface area contributed by atoms with Crippen molar-refractivity contribution >= 4 is 17.4 Å². The average molecular weight is 327 g/mol. The molecule has 0 fully saturated rings. The molecular formula is C22H17NO2. The van der Waals surface area contributed by atoms with Gasteiger partial charge in [-0.1, -0.05) is 78.9 Å². The lowest BCUT2D eigenvalue weighted by atomic mass is 10.0. The van der Waals surface area contributed by atoms with Gasteiger partial charge in [0.1, 0.15) is 0 Å². The predicted molar refractivity (Wildman–Crippen MR) is 98.4 cm³/mol. The third-order valence-electron chi connectivity index (χ3n) is 4.19. The minimum Gasteiger partial charge on any atom is -0.420 e. The fourth-order valence-corrected chi connectivity index (χ4v) is 2.95. The lowest BCUT2D eigenvalue weighted by molar-refractivity contribution is 0.0716. The number of rotatable bonds is 4. The van der Waals surface area contributed by atoms with Crippen LogP contribution in [-0.2, 0) is 11.3 Å². The molecule has 122 valence electrons. The summed E-state index contributed by atoms with van der Waals surface area (Å²) in [6.45, 7) is 0.647. The van der Waals surface area contributed by atoms with Crippen molar-refractivity contribution in [3.05, 3.63) is 107 Å². The highest BCUT2D eigenvalue weighted by Crippen LogP contribution is 2.34. The molecule has 0 bridgehead atoms. The maximum Gasteiger partial charge on any atom is 0.344 e. The molecule has 0 radical (unpaired) electrons. The quantitative estimate of drug-likeness (QED) is 0.718. The summed E-state index contributed by atoms with van der Waals surface area (Å²) in [7, 11) is 0. The number of benzene rings is 3. The number of hydrogen-bond donors (Lipinski definition) is 1. The molecule has 1 heterocycles. The third-order valence-corrected chi connectivity index (χ3v) is 4.19. The van der Waals surface area contributed by atoms with Crippen molar-refractivity contribution in [1.82, 2.24) is 5.32 Å². The van der Waals surface area contributed by atoms with Gasteiger partial charge in [-0.2, -0.15) is 0 Å². The predicted octanol–water partition coefficient (Wildman–Crippen LogP) is 4.47. The number of nitrogens with one attached hydrogen (secondary N) is 1. The molecule has 0 unspecified atom stereocenters. The van der Waals surface area contributed by atoms with Gasteiger partial charge in [0, 0.05) is 17.7 Å². The average Bonchev–Trinajstić information content (AvgIpc) is 3.01. The van der Waals surface area contributed by atoms with Crippen LogP contribution in [0.1, 0.15) is 27.0 Å². The van der Waals surface area contributed by atoms with Crippen molar-refractivity contribution in [2.45, 2.75) is 6.54 Å². The number of carbonyl (C=O) groups excluding carboxylic acids is 1. The maximum absolute atomic E-state index is 12.2. The lowest BCUT2D eigenvalue weighted by Crippen LogP contribution is -2.14. The second kappa shape index (κ2) is 6.65. The highest BCUT2D eigenvalue weighted by Gasteiger charge is 2.29. The van der Waals surface area contributed by atoms with Crippen LogP contribution in [0.4, 0.5) is 0 Å². The Kier molecular flexibility index (Phi) is 4.05. The second-order valence-corrected chi connectivity index (χ2v) is 5.84. The normalized spacial score (nSPS) is 14.6. The van der Waals surface area contributed by atoms with E-state index in [2.05, 4.69) is 17.4 Å². The Morgan fingerprint density at radius 3 is 2.08 bits per heavy atom. The number of esters is 1. The van der Waals surface area contributed by atoms with E-state index in [4.69, 9.17) is 4.74 Å². The number of ether oxygens (including phenoxy) is 1.